The van der Waals surface area contributed by atoms with Gasteiger partial charge in [0, 0.05) is 32.2 Å². The fraction of sp³-hybridized carbons (Fsp3) is 0.368. The Balaban J connectivity index is 1.40. The van der Waals surface area contributed by atoms with Gasteiger partial charge in [0.2, 0.25) is 0 Å². The number of halogens is 1. The fourth-order valence-corrected chi connectivity index (χ4v) is 2.84. The van der Waals surface area contributed by atoms with E-state index in [9.17, 15) is 0 Å². The molecule has 0 spiro atoms. The summed E-state index contributed by atoms with van der Waals surface area (Å²) in [6.45, 7) is 3.93. The van der Waals surface area contributed by atoms with Crippen LogP contribution in [0.4, 0.5) is 5.82 Å². The molecule has 0 aliphatic heterocycles. The van der Waals surface area contributed by atoms with E-state index in [4.69, 9.17) is 16.3 Å². The molecule has 0 amide bonds. The number of aromatic nitrogens is 4. The molecule has 0 aliphatic carbocycles. The number of hydrogen-bond donors (Lipinski definition) is 3. The van der Waals surface area contributed by atoms with Crippen LogP contribution in [-0.2, 0) is 7.05 Å². The maximum absolute atomic E-state index is 5.89. The van der Waals surface area contributed by atoms with E-state index in [1.807, 2.05) is 26.1 Å². The summed E-state index contributed by atoms with van der Waals surface area (Å²) in [6, 6.07) is 7.32. The van der Waals surface area contributed by atoms with Crippen LogP contribution in [-0.4, -0.2) is 58.5 Å². The molecule has 0 aliphatic rings. The van der Waals surface area contributed by atoms with Crippen molar-refractivity contribution < 1.29 is 4.74 Å². The van der Waals surface area contributed by atoms with Crippen molar-refractivity contribution in [2.75, 3.05) is 32.0 Å². The molecule has 0 bridgehead atoms. The van der Waals surface area contributed by atoms with Crippen molar-refractivity contribution in [1.82, 2.24) is 30.4 Å². The maximum Gasteiger partial charge on any atom is 0.191 e. The van der Waals surface area contributed by atoms with Gasteiger partial charge in [0.05, 0.1) is 18.1 Å². The smallest absolute Gasteiger partial charge is 0.191 e. The van der Waals surface area contributed by atoms with Crippen molar-refractivity contribution in [3.05, 3.63) is 41.8 Å². The SMILES string of the molecule is CN=C(NCCNc1ncnc2c1cnn2C)NCC(C)Oc1ccc(Cl)cc1. The summed E-state index contributed by atoms with van der Waals surface area (Å²) in [6.07, 6.45) is 3.25. The number of anilines is 1. The molecular weight excluding hydrogens is 392 g/mol. The highest BCUT2D eigenvalue weighted by atomic mass is 35.5. The Labute approximate surface area is 174 Å². The minimum absolute atomic E-state index is 0.0345. The van der Waals surface area contributed by atoms with E-state index in [1.165, 1.54) is 6.33 Å². The van der Waals surface area contributed by atoms with E-state index in [2.05, 4.69) is 36.0 Å². The second-order valence-corrected chi connectivity index (χ2v) is 6.85. The largest absolute Gasteiger partial charge is 0.489 e. The number of nitrogens with zero attached hydrogens (tertiary/aromatic N) is 5. The Morgan fingerprint density at radius 1 is 1.21 bits per heavy atom. The van der Waals surface area contributed by atoms with Gasteiger partial charge in [0.25, 0.3) is 0 Å². The maximum atomic E-state index is 5.89. The summed E-state index contributed by atoms with van der Waals surface area (Å²) in [5.41, 5.74) is 0.794. The molecular formula is C19H25ClN8O. The molecule has 1 aromatic carbocycles. The highest BCUT2D eigenvalue weighted by molar-refractivity contribution is 6.30. The second kappa shape index (κ2) is 9.92. The lowest BCUT2D eigenvalue weighted by atomic mass is 10.3. The van der Waals surface area contributed by atoms with Gasteiger partial charge in [-0.25, -0.2) is 9.97 Å². The Kier molecular flexibility index (Phi) is 7.07. The third kappa shape index (κ3) is 5.71. The molecule has 0 saturated heterocycles. The van der Waals surface area contributed by atoms with Gasteiger partial charge in [-0.2, -0.15) is 5.10 Å². The third-order valence-electron chi connectivity index (χ3n) is 4.17. The molecule has 0 radical (unpaired) electrons. The van der Waals surface area contributed by atoms with E-state index in [-0.39, 0.29) is 6.10 Å². The highest BCUT2D eigenvalue weighted by Crippen LogP contribution is 2.17. The minimum Gasteiger partial charge on any atom is -0.489 e. The summed E-state index contributed by atoms with van der Waals surface area (Å²) in [5, 5.41) is 15.6. The van der Waals surface area contributed by atoms with Gasteiger partial charge in [-0.3, -0.25) is 9.67 Å². The molecule has 2 aromatic heterocycles. The highest BCUT2D eigenvalue weighted by Gasteiger charge is 2.08. The standard InChI is InChI=1S/C19H25ClN8O/c1-13(29-15-6-4-14(20)5-7-15)10-24-19(21-2)23-9-8-22-17-16-11-27-28(3)18(16)26-12-25-17/h4-7,11-13H,8-10H2,1-3H3,(H2,21,23,24)(H,22,25,26). The molecule has 2 heterocycles. The number of aliphatic imine (C=N–C) groups is 1. The predicted octanol–water partition coefficient (Wildman–Crippen LogP) is 2.06. The van der Waals surface area contributed by atoms with Crippen molar-refractivity contribution in [2.24, 2.45) is 12.0 Å². The summed E-state index contributed by atoms with van der Waals surface area (Å²) >= 11 is 5.89. The number of benzene rings is 1. The van der Waals surface area contributed by atoms with Gasteiger partial charge in [0.1, 0.15) is 24.0 Å². The molecule has 154 valence electrons. The first-order valence-electron chi connectivity index (χ1n) is 9.30. The van der Waals surface area contributed by atoms with Gasteiger partial charge in [-0.1, -0.05) is 11.6 Å². The van der Waals surface area contributed by atoms with E-state index in [1.54, 1.807) is 30.1 Å². The first-order valence-corrected chi connectivity index (χ1v) is 9.68. The first-order chi connectivity index (χ1) is 14.1. The van der Waals surface area contributed by atoms with Crippen LogP contribution < -0.4 is 20.7 Å². The number of rotatable bonds is 8. The molecule has 0 fully saturated rings. The summed E-state index contributed by atoms with van der Waals surface area (Å²) in [4.78, 5) is 12.8. The molecule has 3 N–H and O–H groups in total. The zero-order valence-corrected chi connectivity index (χ0v) is 17.4. The number of ether oxygens (including phenoxy) is 1. The molecule has 1 atom stereocenters. The predicted molar refractivity (Wildman–Crippen MR) is 116 cm³/mol. The van der Waals surface area contributed by atoms with Gasteiger partial charge in [0.15, 0.2) is 11.6 Å². The van der Waals surface area contributed by atoms with Gasteiger partial charge < -0.3 is 20.7 Å². The number of fused-ring (bicyclic) bond motifs is 1. The van der Waals surface area contributed by atoms with E-state index < -0.39 is 0 Å². The van der Waals surface area contributed by atoms with Crippen molar-refractivity contribution in [1.29, 1.82) is 0 Å². The Morgan fingerprint density at radius 2 is 2.00 bits per heavy atom. The third-order valence-corrected chi connectivity index (χ3v) is 4.42. The minimum atomic E-state index is -0.0345. The Bertz CT molecular complexity index is 957. The number of aryl methyl sites for hydroxylation is 1. The molecule has 10 heteroatoms. The zero-order chi connectivity index (χ0) is 20.6. The van der Waals surface area contributed by atoms with E-state index in [0.717, 1.165) is 22.6 Å². The van der Waals surface area contributed by atoms with Crippen LogP contribution in [0.1, 0.15) is 6.92 Å². The summed E-state index contributed by atoms with van der Waals surface area (Å²) in [5.74, 6) is 2.24. The Morgan fingerprint density at radius 3 is 2.76 bits per heavy atom. The zero-order valence-electron chi connectivity index (χ0n) is 16.7. The summed E-state index contributed by atoms with van der Waals surface area (Å²) in [7, 11) is 3.59. The molecule has 1 unspecified atom stereocenters. The number of nitrogens with one attached hydrogen (secondary N) is 3. The average Bonchev–Trinajstić information content (AvgIpc) is 3.11. The van der Waals surface area contributed by atoms with Crippen LogP contribution in [0, 0.1) is 0 Å². The molecule has 0 saturated carbocycles. The van der Waals surface area contributed by atoms with Crippen molar-refractivity contribution in [3.8, 4) is 5.75 Å². The van der Waals surface area contributed by atoms with Crippen molar-refractivity contribution in [3.63, 3.8) is 0 Å². The monoisotopic (exact) mass is 416 g/mol. The van der Waals surface area contributed by atoms with E-state index >= 15 is 0 Å². The second-order valence-electron chi connectivity index (χ2n) is 6.42. The lowest BCUT2D eigenvalue weighted by molar-refractivity contribution is 0.224. The molecule has 3 rings (SSSR count). The topological polar surface area (TPSA) is 101 Å². The van der Waals surface area contributed by atoms with Crippen LogP contribution in [0.25, 0.3) is 11.0 Å². The normalized spacial score (nSPS) is 12.6. The number of hydrogen-bond acceptors (Lipinski definition) is 6. The van der Waals surface area contributed by atoms with Crippen LogP contribution in [0.15, 0.2) is 41.8 Å². The average molecular weight is 417 g/mol. The van der Waals surface area contributed by atoms with Gasteiger partial charge >= 0.3 is 0 Å². The lowest BCUT2D eigenvalue weighted by Gasteiger charge is -2.18. The van der Waals surface area contributed by atoms with Crippen LogP contribution >= 0.6 is 11.6 Å². The molecule has 29 heavy (non-hydrogen) atoms. The quantitative estimate of drug-likeness (QED) is 0.293. The summed E-state index contributed by atoms with van der Waals surface area (Å²) < 4.78 is 7.57. The molecule has 9 nitrogen and oxygen atoms in total. The van der Waals surface area contributed by atoms with Crippen molar-refractivity contribution in [2.45, 2.75) is 13.0 Å². The van der Waals surface area contributed by atoms with Gasteiger partial charge in [-0.05, 0) is 31.2 Å². The van der Waals surface area contributed by atoms with Crippen LogP contribution in [0.5, 0.6) is 5.75 Å². The first kappa shape index (κ1) is 20.7. The van der Waals surface area contributed by atoms with Crippen LogP contribution in [0.2, 0.25) is 5.02 Å². The van der Waals surface area contributed by atoms with Crippen molar-refractivity contribution >= 4 is 34.4 Å². The molecule has 3 aromatic rings. The number of guanidine groups is 1. The Hall–Kier alpha value is -3.07. The van der Waals surface area contributed by atoms with E-state index in [0.29, 0.717) is 30.6 Å². The van der Waals surface area contributed by atoms with Gasteiger partial charge in [-0.15, -0.1) is 0 Å². The lowest BCUT2D eigenvalue weighted by Crippen LogP contribution is -2.43. The fourth-order valence-electron chi connectivity index (χ4n) is 2.71. The van der Waals surface area contributed by atoms with Crippen LogP contribution in [0.3, 0.4) is 0 Å².